The number of nitriles is 1. The van der Waals surface area contributed by atoms with Crippen molar-refractivity contribution in [3.8, 4) is 6.07 Å². The predicted molar refractivity (Wildman–Crippen MR) is 126 cm³/mol. The molecule has 0 unspecified atom stereocenters. The number of ether oxygens (including phenoxy) is 2. The van der Waals surface area contributed by atoms with E-state index in [9.17, 15) is 27.2 Å². The SMILES string of the molecule is Cc1cc(C#N)cnc1C(=O)Nc1ccc(F)c([C@@]2(C)N=C(NC(=O)OC(C)(C)C)O[C@@H](C(F)(F)F)C2(F)F)n1. The maximum absolute atomic E-state index is 15.4. The van der Waals surface area contributed by atoms with Crippen LogP contribution >= 0.6 is 0 Å². The lowest BCUT2D eigenvalue weighted by molar-refractivity contribution is -0.288. The number of pyridine rings is 2. The number of hydrogen-bond acceptors (Lipinski definition) is 8. The van der Waals surface area contributed by atoms with Gasteiger partial charge < -0.3 is 14.8 Å². The normalized spacial score (nSPS) is 20.4. The zero-order valence-corrected chi connectivity index (χ0v) is 21.6. The van der Waals surface area contributed by atoms with Crippen LogP contribution in [0.4, 0.5) is 37.0 Å². The number of amidine groups is 1. The molecule has 3 heterocycles. The van der Waals surface area contributed by atoms with Crippen LogP contribution in [0.15, 0.2) is 29.4 Å². The molecular weight excluding hydrogens is 550 g/mol. The fourth-order valence-corrected chi connectivity index (χ4v) is 3.58. The van der Waals surface area contributed by atoms with E-state index in [0.29, 0.717) is 13.0 Å². The molecule has 2 atom stereocenters. The number of rotatable bonds is 3. The van der Waals surface area contributed by atoms with E-state index in [-0.39, 0.29) is 16.8 Å². The average Bonchev–Trinajstić information content (AvgIpc) is 2.80. The van der Waals surface area contributed by atoms with E-state index < -0.39 is 64.7 Å². The highest BCUT2D eigenvalue weighted by Gasteiger charge is 2.71. The van der Waals surface area contributed by atoms with Crippen molar-refractivity contribution < 1.29 is 45.4 Å². The summed E-state index contributed by atoms with van der Waals surface area (Å²) < 4.78 is 96.1. The summed E-state index contributed by atoms with van der Waals surface area (Å²) in [6.45, 7) is 6.22. The molecule has 2 N–H and O–H groups in total. The Kier molecular flexibility index (Phi) is 7.74. The van der Waals surface area contributed by atoms with Gasteiger partial charge in [-0.3, -0.25) is 4.79 Å². The first-order valence-corrected chi connectivity index (χ1v) is 11.3. The number of carbonyl (C=O) groups is 2. The van der Waals surface area contributed by atoms with Crippen LogP contribution in [0, 0.1) is 24.1 Å². The number of carbonyl (C=O) groups excluding carboxylic acids is 2. The van der Waals surface area contributed by atoms with Crippen molar-refractivity contribution in [2.45, 2.75) is 64.0 Å². The molecule has 2 aromatic heterocycles. The van der Waals surface area contributed by atoms with E-state index in [1.807, 2.05) is 6.07 Å². The van der Waals surface area contributed by atoms with Gasteiger partial charge in [0.1, 0.15) is 34.7 Å². The van der Waals surface area contributed by atoms with Crippen molar-refractivity contribution in [2.75, 3.05) is 5.32 Å². The minimum atomic E-state index is -5.71. The highest BCUT2D eigenvalue weighted by molar-refractivity contribution is 6.03. The molecule has 0 fully saturated rings. The van der Waals surface area contributed by atoms with Gasteiger partial charge in [-0.15, -0.1) is 0 Å². The molecule has 1 aliphatic rings. The Morgan fingerprint density at radius 1 is 1.18 bits per heavy atom. The third-order valence-corrected chi connectivity index (χ3v) is 5.41. The van der Waals surface area contributed by atoms with Crippen LogP contribution < -0.4 is 10.6 Å². The predicted octanol–water partition coefficient (Wildman–Crippen LogP) is 4.74. The topological polar surface area (TPSA) is 139 Å². The summed E-state index contributed by atoms with van der Waals surface area (Å²) in [5.74, 6) is -7.92. The number of nitrogens with one attached hydrogen (secondary N) is 2. The summed E-state index contributed by atoms with van der Waals surface area (Å²) in [5.41, 5.74) is -5.59. The van der Waals surface area contributed by atoms with Gasteiger partial charge in [-0.2, -0.15) is 27.2 Å². The summed E-state index contributed by atoms with van der Waals surface area (Å²) in [4.78, 5) is 35.7. The summed E-state index contributed by atoms with van der Waals surface area (Å²) in [6.07, 6.45) is -9.86. The number of alkyl carbamates (subject to hydrolysis) is 1. The number of aryl methyl sites for hydroxylation is 1. The van der Waals surface area contributed by atoms with Gasteiger partial charge in [0.2, 0.25) is 0 Å². The van der Waals surface area contributed by atoms with Crippen molar-refractivity contribution in [1.82, 2.24) is 15.3 Å². The van der Waals surface area contributed by atoms with Crippen LogP contribution in [0.2, 0.25) is 0 Å². The second-order valence-corrected chi connectivity index (χ2v) is 9.76. The first kappa shape index (κ1) is 30.1. The van der Waals surface area contributed by atoms with Crippen LogP contribution in [0.25, 0.3) is 0 Å². The Hall–Kier alpha value is -4.42. The molecule has 214 valence electrons. The monoisotopic (exact) mass is 572 g/mol. The van der Waals surface area contributed by atoms with Gasteiger partial charge >= 0.3 is 18.2 Å². The number of nitrogens with zero attached hydrogens (tertiary/aromatic N) is 4. The van der Waals surface area contributed by atoms with Crippen LogP contribution in [0.1, 0.15) is 55.0 Å². The number of halogens is 6. The van der Waals surface area contributed by atoms with Crippen molar-refractivity contribution in [1.29, 1.82) is 5.26 Å². The van der Waals surface area contributed by atoms with Crippen molar-refractivity contribution >= 4 is 23.8 Å². The number of aromatic nitrogens is 2. The standard InChI is InChI=1S/C24H22F6N6O4/c1-11-8-12(9-31)10-32-15(11)17(37)34-14-7-6-13(25)16(33-14)22(5)23(26,27)18(24(28,29)30)39-19(36-22)35-20(38)40-21(2,3)4/h6-8,10,18H,1-5H3,(H,33,34,37)(H,35,36,38)/t18-,22-/m1/s1. The molecular formula is C24H22F6N6O4. The number of aliphatic imine (C=N–C) groups is 1. The molecule has 2 aromatic rings. The van der Waals surface area contributed by atoms with Crippen LogP contribution in [-0.2, 0) is 15.0 Å². The van der Waals surface area contributed by atoms with Crippen molar-refractivity contribution in [2.24, 2.45) is 4.99 Å². The van der Waals surface area contributed by atoms with E-state index in [1.165, 1.54) is 33.8 Å². The fraction of sp³-hybridized carbons (Fsp3) is 0.417. The molecule has 2 amide bonds. The van der Waals surface area contributed by atoms with E-state index in [1.54, 1.807) is 5.32 Å². The molecule has 1 aliphatic heterocycles. The third kappa shape index (κ3) is 6.08. The molecule has 10 nitrogen and oxygen atoms in total. The summed E-state index contributed by atoms with van der Waals surface area (Å²) >= 11 is 0. The Morgan fingerprint density at radius 3 is 2.38 bits per heavy atom. The minimum absolute atomic E-state index is 0.152. The molecule has 0 bridgehead atoms. The molecule has 3 rings (SSSR count). The highest BCUT2D eigenvalue weighted by Crippen LogP contribution is 2.51. The van der Waals surface area contributed by atoms with Gasteiger partial charge in [0, 0.05) is 6.20 Å². The second-order valence-electron chi connectivity index (χ2n) is 9.76. The van der Waals surface area contributed by atoms with Crippen molar-refractivity contribution in [3.05, 3.63) is 52.7 Å². The smallest absolute Gasteiger partial charge is 0.431 e. The minimum Gasteiger partial charge on any atom is -0.445 e. The fourth-order valence-electron chi connectivity index (χ4n) is 3.58. The molecule has 0 saturated carbocycles. The number of alkyl halides is 5. The first-order chi connectivity index (χ1) is 18.3. The Bertz CT molecular complexity index is 1420. The average molecular weight is 572 g/mol. The number of anilines is 1. The second kappa shape index (κ2) is 10.3. The summed E-state index contributed by atoms with van der Waals surface area (Å²) in [7, 11) is 0. The molecule has 16 heteroatoms. The summed E-state index contributed by atoms with van der Waals surface area (Å²) in [5, 5.41) is 12.9. The Morgan fingerprint density at radius 2 is 1.82 bits per heavy atom. The lowest BCUT2D eigenvalue weighted by Gasteiger charge is -2.42. The number of hydrogen-bond donors (Lipinski definition) is 2. The zero-order chi connectivity index (χ0) is 30.3. The van der Waals surface area contributed by atoms with Crippen molar-refractivity contribution in [3.63, 3.8) is 0 Å². The molecule has 0 aliphatic carbocycles. The summed E-state index contributed by atoms with van der Waals surface area (Å²) in [6, 6.07) is 3.32. The van der Waals surface area contributed by atoms with Gasteiger partial charge in [0.25, 0.3) is 18.0 Å². The van der Waals surface area contributed by atoms with E-state index >= 15 is 8.78 Å². The lowest BCUT2D eigenvalue weighted by Crippen LogP contribution is -2.63. The van der Waals surface area contributed by atoms with Crippen LogP contribution in [0.3, 0.4) is 0 Å². The quantitative estimate of drug-likeness (QED) is 0.507. The molecule has 0 radical (unpaired) electrons. The van der Waals surface area contributed by atoms with Gasteiger partial charge in [-0.1, -0.05) is 0 Å². The molecule has 0 aromatic carbocycles. The maximum atomic E-state index is 15.4. The van der Waals surface area contributed by atoms with Crippen LogP contribution in [-0.4, -0.2) is 51.8 Å². The lowest BCUT2D eigenvalue weighted by atomic mass is 9.84. The van der Waals surface area contributed by atoms with Gasteiger partial charge in [-0.05, 0) is 58.4 Å². The van der Waals surface area contributed by atoms with E-state index in [2.05, 4.69) is 25.0 Å². The van der Waals surface area contributed by atoms with Gasteiger partial charge in [-0.25, -0.2) is 29.5 Å². The Labute approximate surface area is 223 Å². The van der Waals surface area contributed by atoms with E-state index in [0.717, 1.165) is 12.3 Å². The first-order valence-electron chi connectivity index (χ1n) is 11.3. The molecule has 0 saturated heterocycles. The largest absolute Gasteiger partial charge is 0.445 e. The highest BCUT2D eigenvalue weighted by atomic mass is 19.4. The molecule has 40 heavy (non-hydrogen) atoms. The maximum Gasteiger partial charge on any atom is 0.431 e. The van der Waals surface area contributed by atoms with Crippen LogP contribution in [0.5, 0.6) is 0 Å². The van der Waals surface area contributed by atoms with Gasteiger partial charge in [0.05, 0.1) is 5.56 Å². The van der Waals surface area contributed by atoms with Gasteiger partial charge in [0.15, 0.2) is 5.54 Å². The molecule has 0 spiro atoms. The van der Waals surface area contributed by atoms with E-state index in [4.69, 9.17) is 10.00 Å². The number of amides is 2. The zero-order valence-electron chi connectivity index (χ0n) is 21.6. The third-order valence-electron chi connectivity index (χ3n) is 5.41. The Balaban J connectivity index is 2.07.